The van der Waals surface area contributed by atoms with E-state index in [1.165, 1.54) is 19.3 Å². The lowest BCUT2D eigenvalue weighted by molar-refractivity contribution is -0.121. The molecule has 2 N–H and O–H groups in total. The van der Waals surface area contributed by atoms with Gasteiger partial charge in [-0.1, -0.05) is 19.3 Å². The van der Waals surface area contributed by atoms with Crippen LogP contribution in [0.15, 0.2) is 18.2 Å². The first-order valence-corrected chi connectivity index (χ1v) is 7.98. The summed E-state index contributed by atoms with van der Waals surface area (Å²) in [7, 11) is 3.26. The number of amides is 1. The van der Waals surface area contributed by atoms with E-state index in [2.05, 4.69) is 10.6 Å². The van der Waals surface area contributed by atoms with Crippen LogP contribution in [0.2, 0.25) is 0 Å². The van der Waals surface area contributed by atoms with Gasteiger partial charge in [-0.3, -0.25) is 4.79 Å². The summed E-state index contributed by atoms with van der Waals surface area (Å²) in [5, 5.41) is 6.36. The quantitative estimate of drug-likeness (QED) is 0.813. The summed E-state index contributed by atoms with van der Waals surface area (Å²) in [4.78, 5) is 12.0. The van der Waals surface area contributed by atoms with E-state index in [0.717, 1.165) is 30.0 Å². The van der Waals surface area contributed by atoms with Crippen molar-refractivity contribution in [2.45, 2.75) is 44.6 Å². The molecule has 1 amide bonds. The highest BCUT2D eigenvalue weighted by atomic mass is 16.5. The molecule has 1 saturated carbocycles. The topological polar surface area (TPSA) is 59.6 Å². The highest BCUT2D eigenvalue weighted by Gasteiger charge is 2.15. The van der Waals surface area contributed by atoms with Crippen molar-refractivity contribution in [1.29, 1.82) is 0 Å². The largest absolute Gasteiger partial charge is 0.497 e. The second kappa shape index (κ2) is 8.51. The third-order valence-corrected chi connectivity index (χ3v) is 4.04. The lowest BCUT2D eigenvalue weighted by Crippen LogP contribution is -2.36. The first kappa shape index (κ1) is 16.5. The summed E-state index contributed by atoms with van der Waals surface area (Å²) < 4.78 is 10.5. The molecule has 0 spiro atoms. The van der Waals surface area contributed by atoms with Crippen molar-refractivity contribution in [3.63, 3.8) is 0 Å². The van der Waals surface area contributed by atoms with E-state index in [-0.39, 0.29) is 5.91 Å². The fourth-order valence-corrected chi connectivity index (χ4v) is 2.81. The van der Waals surface area contributed by atoms with Gasteiger partial charge in [-0.2, -0.15) is 0 Å². The van der Waals surface area contributed by atoms with E-state index < -0.39 is 0 Å². The Hall–Kier alpha value is -1.91. The maximum atomic E-state index is 12.0. The number of rotatable bonds is 7. The lowest BCUT2D eigenvalue weighted by atomic mass is 9.95. The minimum absolute atomic E-state index is 0.112. The van der Waals surface area contributed by atoms with Gasteiger partial charge in [-0.05, 0) is 25.0 Å². The molecule has 0 bridgehead atoms. The van der Waals surface area contributed by atoms with Crippen LogP contribution < -0.4 is 20.1 Å². The van der Waals surface area contributed by atoms with Crippen molar-refractivity contribution in [1.82, 2.24) is 5.32 Å². The standard InChI is InChI=1S/C17H26N2O3/c1-21-14-8-9-16(22-2)15(12-14)18-11-10-17(20)19-13-6-4-3-5-7-13/h8-9,12-13,18H,3-7,10-11H2,1-2H3,(H,19,20). The van der Waals surface area contributed by atoms with E-state index in [1.807, 2.05) is 18.2 Å². The van der Waals surface area contributed by atoms with Crippen LogP contribution in [0.1, 0.15) is 38.5 Å². The second-order valence-corrected chi connectivity index (χ2v) is 5.65. The van der Waals surface area contributed by atoms with Gasteiger partial charge in [0.1, 0.15) is 11.5 Å². The molecule has 5 nitrogen and oxygen atoms in total. The summed E-state index contributed by atoms with van der Waals surface area (Å²) in [5.41, 5.74) is 0.840. The molecule has 22 heavy (non-hydrogen) atoms. The molecule has 1 fully saturated rings. The molecule has 1 aromatic rings. The third-order valence-electron chi connectivity index (χ3n) is 4.04. The summed E-state index contributed by atoms with van der Waals surface area (Å²) in [6, 6.07) is 5.94. The number of methoxy groups -OCH3 is 2. The molecule has 0 atom stereocenters. The Bertz CT molecular complexity index is 485. The molecule has 122 valence electrons. The molecule has 0 aromatic heterocycles. The van der Waals surface area contributed by atoms with Crippen LogP contribution in [0.5, 0.6) is 11.5 Å². The molecular formula is C17H26N2O3. The molecule has 0 radical (unpaired) electrons. The molecule has 0 unspecified atom stereocenters. The average Bonchev–Trinajstić information content (AvgIpc) is 2.55. The Kier molecular flexibility index (Phi) is 6.37. The zero-order valence-electron chi connectivity index (χ0n) is 13.5. The second-order valence-electron chi connectivity index (χ2n) is 5.65. The molecule has 5 heteroatoms. The van der Waals surface area contributed by atoms with E-state index in [0.29, 0.717) is 19.0 Å². The molecule has 0 aliphatic heterocycles. The first-order chi connectivity index (χ1) is 10.7. The molecule has 0 saturated heterocycles. The number of nitrogens with one attached hydrogen (secondary N) is 2. The minimum atomic E-state index is 0.112. The van der Waals surface area contributed by atoms with Gasteiger partial charge in [0.15, 0.2) is 0 Å². The third kappa shape index (κ3) is 4.83. The number of hydrogen-bond acceptors (Lipinski definition) is 4. The SMILES string of the molecule is COc1ccc(OC)c(NCCC(=O)NC2CCCCC2)c1. The van der Waals surface area contributed by atoms with Gasteiger partial charge in [0, 0.05) is 25.1 Å². The van der Waals surface area contributed by atoms with E-state index >= 15 is 0 Å². The molecular weight excluding hydrogens is 280 g/mol. The monoisotopic (exact) mass is 306 g/mol. The maximum Gasteiger partial charge on any atom is 0.221 e. The van der Waals surface area contributed by atoms with Gasteiger partial charge in [0.05, 0.1) is 19.9 Å². The van der Waals surface area contributed by atoms with Gasteiger partial charge >= 0.3 is 0 Å². The lowest BCUT2D eigenvalue weighted by Gasteiger charge is -2.22. The fourth-order valence-electron chi connectivity index (χ4n) is 2.81. The Balaban J connectivity index is 1.78. The van der Waals surface area contributed by atoms with Crippen molar-refractivity contribution in [3.8, 4) is 11.5 Å². The highest BCUT2D eigenvalue weighted by Crippen LogP contribution is 2.28. The average molecular weight is 306 g/mol. The number of carbonyl (C=O) groups is 1. The Labute approximate surface area is 132 Å². The fraction of sp³-hybridized carbons (Fsp3) is 0.588. The van der Waals surface area contributed by atoms with Gasteiger partial charge in [-0.25, -0.2) is 0 Å². The minimum Gasteiger partial charge on any atom is -0.497 e. The Morgan fingerprint density at radius 1 is 1.18 bits per heavy atom. The van der Waals surface area contributed by atoms with Crippen LogP contribution in [-0.2, 0) is 4.79 Å². The van der Waals surface area contributed by atoms with Gasteiger partial charge < -0.3 is 20.1 Å². The maximum absolute atomic E-state index is 12.0. The number of hydrogen-bond donors (Lipinski definition) is 2. The van der Waals surface area contributed by atoms with Crippen LogP contribution >= 0.6 is 0 Å². The number of ether oxygens (including phenoxy) is 2. The van der Waals surface area contributed by atoms with Crippen LogP contribution in [0.4, 0.5) is 5.69 Å². The summed E-state index contributed by atoms with van der Waals surface area (Å²) in [6.07, 6.45) is 6.43. The predicted molar refractivity (Wildman–Crippen MR) is 87.7 cm³/mol. The Morgan fingerprint density at radius 3 is 2.64 bits per heavy atom. The van der Waals surface area contributed by atoms with Crippen LogP contribution in [0, 0.1) is 0 Å². The van der Waals surface area contributed by atoms with Crippen LogP contribution in [0.3, 0.4) is 0 Å². The zero-order chi connectivity index (χ0) is 15.8. The van der Waals surface area contributed by atoms with E-state index in [9.17, 15) is 4.79 Å². The van der Waals surface area contributed by atoms with Crippen molar-refractivity contribution in [3.05, 3.63) is 18.2 Å². The van der Waals surface area contributed by atoms with Crippen LogP contribution in [-0.4, -0.2) is 32.7 Å². The molecule has 1 aliphatic rings. The summed E-state index contributed by atoms with van der Waals surface area (Å²) >= 11 is 0. The number of anilines is 1. The van der Waals surface area contributed by atoms with Gasteiger partial charge in [-0.15, -0.1) is 0 Å². The van der Waals surface area contributed by atoms with Crippen molar-refractivity contribution in [2.24, 2.45) is 0 Å². The van der Waals surface area contributed by atoms with Crippen molar-refractivity contribution in [2.75, 3.05) is 26.1 Å². The summed E-state index contributed by atoms with van der Waals surface area (Å²) in [6.45, 7) is 0.572. The molecule has 2 rings (SSSR count). The smallest absolute Gasteiger partial charge is 0.221 e. The molecule has 1 aliphatic carbocycles. The first-order valence-electron chi connectivity index (χ1n) is 7.98. The van der Waals surface area contributed by atoms with E-state index in [1.54, 1.807) is 14.2 Å². The van der Waals surface area contributed by atoms with Gasteiger partial charge in [0.25, 0.3) is 0 Å². The number of benzene rings is 1. The number of carbonyl (C=O) groups excluding carboxylic acids is 1. The van der Waals surface area contributed by atoms with Crippen LogP contribution in [0.25, 0.3) is 0 Å². The van der Waals surface area contributed by atoms with Gasteiger partial charge in [0.2, 0.25) is 5.91 Å². The van der Waals surface area contributed by atoms with Crippen molar-refractivity contribution >= 4 is 11.6 Å². The van der Waals surface area contributed by atoms with Crippen molar-refractivity contribution < 1.29 is 14.3 Å². The summed E-state index contributed by atoms with van der Waals surface area (Å²) in [5.74, 6) is 1.62. The normalized spacial score (nSPS) is 15.2. The predicted octanol–water partition coefficient (Wildman–Crippen LogP) is 2.95. The highest BCUT2D eigenvalue weighted by molar-refractivity contribution is 5.77. The molecule has 1 aromatic carbocycles. The van der Waals surface area contributed by atoms with E-state index in [4.69, 9.17) is 9.47 Å². The zero-order valence-corrected chi connectivity index (χ0v) is 13.5. The Morgan fingerprint density at radius 2 is 1.95 bits per heavy atom. The molecule has 0 heterocycles.